The van der Waals surface area contributed by atoms with Crippen molar-refractivity contribution in [3.8, 4) is 5.75 Å². The van der Waals surface area contributed by atoms with Crippen molar-refractivity contribution in [2.75, 3.05) is 6.61 Å². The molecule has 23 heavy (non-hydrogen) atoms. The maximum Gasteiger partial charge on any atom is 0.330 e. The van der Waals surface area contributed by atoms with E-state index in [1.54, 1.807) is 29.7 Å². The van der Waals surface area contributed by atoms with E-state index in [-0.39, 0.29) is 6.61 Å². The van der Waals surface area contributed by atoms with Crippen LogP contribution < -0.4 is 10.1 Å². The summed E-state index contributed by atoms with van der Waals surface area (Å²) in [6.07, 6.45) is 1.46. The number of amides is 2. The highest BCUT2D eigenvalue weighted by molar-refractivity contribution is 8.02. The minimum Gasteiger partial charge on any atom is -0.484 e. The monoisotopic (exact) mass is 334 g/mol. The minimum absolute atomic E-state index is 0.205. The number of carboxylic acid groups (broad SMARTS) is 1. The predicted octanol–water partition coefficient (Wildman–Crippen LogP) is 0.432. The van der Waals surface area contributed by atoms with Gasteiger partial charge in [-0.2, -0.15) is 0 Å². The highest BCUT2D eigenvalue weighted by atomic mass is 32.2. The Morgan fingerprint density at radius 2 is 2.04 bits per heavy atom. The molecule has 0 radical (unpaired) electrons. The van der Waals surface area contributed by atoms with Gasteiger partial charge in [-0.05, 0) is 23.6 Å². The van der Waals surface area contributed by atoms with Gasteiger partial charge in [0.15, 0.2) is 6.61 Å². The van der Waals surface area contributed by atoms with Gasteiger partial charge in [0.25, 0.3) is 5.91 Å². The van der Waals surface area contributed by atoms with Crippen LogP contribution >= 0.6 is 11.8 Å². The number of benzene rings is 1. The fourth-order valence-corrected chi connectivity index (χ4v) is 3.54. The van der Waals surface area contributed by atoms with Crippen LogP contribution in [0.25, 0.3) is 0 Å². The number of carboxylic acids is 1. The molecule has 120 valence electrons. The lowest BCUT2D eigenvalue weighted by Crippen LogP contribution is -2.73. The number of rotatable bonds is 5. The van der Waals surface area contributed by atoms with Crippen molar-refractivity contribution in [1.29, 1.82) is 0 Å². The van der Waals surface area contributed by atoms with E-state index < -0.39 is 35.2 Å². The lowest BCUT2D eigenvalue weighted by molar-refractivity contribution is -0.159. The third kappa shape index (κ3) is 3.02. The summed E-state index contributed by atoms with van der Waals surface area (Å²) in [5.41, 5.74) is 0. The second-order valence-electron chi connectivity index (χ2n) is 5.03. The largest absolute Gasteiger partial charge is 0.484 e. The second-order valence-corrected chi connectivity index (χ2v) is 6.06. The maximum absolute atomic E-state index is 12.1. The van der Waals surface area contributed by atoms with Gasteiger partial charge in [-0.3, -0.25) is 9.59 Å². The van der Waals surface area contributed by atoms with Gasteiger partial charge in [0.1, 0.15) is 23.2 Å². The van der Waals surface area contributed by atoms with E-state index in [1.807, 2.05) is 6.07 Å². The zero-order chi connectivity index (χ0) is 16.4. The first kappa shape index (κ1) is 15.4. The summed E-state index contributed by atoms with van der Waals surface area (Å²) in [6, 6.07) is 7.17. The van der Waals surface area contributed by atoms with Crippen LogP contribution in [0.4, 0.5) is 0 Å². The van der Waals surface area contributed by atoms with Crippen LogP contribution in [0.3, 0.4) is 0 Å². The summed E-state index contributed by atoms with van der Waals surface area (Å²) in [4.78, 5) is 36.4. The van der Waals surface area contributed by atoms with Crippen LogP contribution in [-0.4, -0.2) is 51.9 Å². The average Bonchev–Trinajstić information content (AvgIpc) is 2.57. The normalized spacial score (nSPS) is 25.3. The van der Waals surface area contributed by atoms with Crippen molar-refractivity contribution < 1.29 is 24.2 Å². The molecule has 2 aliphatic rings. The van der Waals surface area contributed by atoms with E-state index in [0.717, 1.165) is 0 Å². The lowest BCUT2D eigenvalue weighted by Gasteiger charge is -2.49. The molecule has 2 aliphatic heterocycles. The molecule has 0 spiro atoms. The highest BCUT2D eigenvalue weighted by Gasteiger charge is 2.53. The van der Waals surface area contributed by atoms with Crippen LogP contribution in [0.15, 0.2) is 41.8 Å². The second kappa shape index (κ2) is 6.33. The number of fused-ring (bicyclic) bond motifs is 1. The molecule has 0 saturated carbocycles. The first-order valence-corrected chi connectivity index (χ1v) is 7.86. The standard InChI is InChI=1S/C15H14N2O5S/c18-11(8-22-9-4-2-1-3-5-9)16-12-13(19)17-10(15(20)21)6-7-23-14(12)17/h1-7,10,12,14H,8H2,(H,16,18)(H,20,21)/t10-,12-,14-/m1/s1. The highest BCUT2D eigenvalue weighted by Crippen LogP contribution is 2.36. The zero-order valence-electron chi connectivity index (χ0n) is 11.9. The average molecular weight is 334 g/mol. The third-order valence-corrected chi connectivity index (χ3v) is 4.63. The molecule has 0 aliphatic carbocycles. The Hall–Kier alpha value is -2.48. The Bertz CT molecular complexity index is 663. The molecular weight excluding hydrogens is 320 g/mol. The third-order valence-electron chi connectivity index (χ3n) is 3.54. The molecule has 1 aromatic rings. The van der Waals surface area contributed by atoms with E-state index in [1.165, 1.54) is 22.7 Å². The van der Waals surface area contributed by atoms with Crippen LogP contribution in [-0.2, 0) is 14.4 Å². The van der Waals surface area contributed by atoms with Crippen LogP contribution in [0.5, 0.6) is 5.75 Å². The smallest absolute Gasteiger partial charge is 0.330 e. The van der Waals surface area contributed by atoms with Crippen molar-refractivity contribution >= 4 is 29.5 Å². The van der Waals surface area contributed by atoms with Gasteiger partial charge in [-0.15, -0.1) is 11.8 Å². The van der Waals surface area contributed by atoms with E-state index in [0.29, 0.717) is 5.75 Å². The number of carbonyl (C=O) groups excluding carboxylic acids is 2. The molecule has 8 heteroatoms. The van der Waals surface area contributed by atoms with Gasteiger partial charge < -0.3 is 20.1 Å². The van der Waals surface area contributed by atoms with Crippen molar-refractivity contribution in [3.05, 3.63) is 41.8 Å². The van der Waals surface area contributed by atoms with Gasteiger partial charge in [-0.1, -0.05) is 18.2 Å². The fourth-order valence-electron chi connectivity index (χ4n) is 2.43. The number of para-hydroxylation sites is 1. The molecule has 0 unspecified atom stereocenters. The van der Waals surface area contributed by atoms with Gasteiger partial charge in [0.2, 0.25) is 5.91 Å². The number of ether oxygens (including phenoxy) is 1. The summed E-state index contributed by atoms with van der Waals surface area (Å²) in [7, 11) is 0. The van der Waals surface area contributed by atoms with Crippen molar-refractivity contribution in [2.24, 2.45) is 0 Å². The fraction of sp³-hybridized carbons (Fsp3) is 0.267. The van der Waals surface area contributed by atoms with E-state index in [4.69, 9.17) is 9.84 Å². The first-order chi connectivity index (χ1) is 11.1. The molecule has 1 aromatic carbocycles. The van der Waals surface area contributed by atoms with Crippen LogP contribution in [0.1, 0.15) is 0 Å². The van der Waals surface area contributed by atoms with Gasteiger partial charge in [-0.25, -0.2) is 4.79 Å². The van der Waals surface area contributed by atoms with E-state index >= 15 is 0 Å². The molecule has 3 atom stereocenters. The Morgan fingerprint density at radius 1 is 1.30 bits per heavy atom. The number of hydrogen-bond acceptors (Lipinski definition) is 5. The van der Waals surface area contributed by atoms with Crippen LogP contribution in [0.2, 0.25) is 0 Å². The molecule has 2 heterocycles. The van der Waals surface area contributed by atoms with Crippen molar-refractivity contribution in [1.82, 2.24) is 10.2 Å². The summed E-state index contributed by atoms with van der Waals surface area (Å²) in [5.74, 6) is -1.34. The molecule has 1 fully saturated rings. The number of β-lactam (4-membered cyclic amide) rings is 1. The topological polar surface area (TPSA) is 95.9 Å². The molecule has 7 nitrogen and oxygen atoms in total. The summed E-state index contributed by atoms with van der Waals surface area (Å²) < 4.78 is 5.32. The van der Waals surface area contributed by atoms with Gasteiger partial charge >= 0.3 is 5.97 Å². The Labute approximate surface area is 136 Å². The summed E-state index contributed by atoms with van der Waals surface area (Å²) >= 11 is 1.31. The molecule has 2 amide bonds. The molecule has 0 aromatic heterocycles. The Kier molecular flexibility index (Phi) is 4.24. The number of thioether (sulfide) groups is 1. The number of aliphatic carboxylic acids is 1. The van der Waals surface area contributed by atoms with Crippen molar-refractivity contribution in [2.45, 2.75) is 17.5 Å². The van der Waals surface area contributed by atoms with E-state index in [2.05, 4.69) is 5.32 Å². The quantitative estimate of drug-likeness (QED) is 0.758. The lowest BCUT2D eigenvalue weighted by atomic mass is 10.0. The van der Waals surface area contributed by atoms with Crippen LogP contribution in [0, 0.1) is 0 Å². The molecule has 1 saturated heterocycles. The minimum atomic E-state index is -1.09. The zero-order valence-corrected chi connectivity index (χ0v) is 12.7. The Morgan fingerprint density at radius 3 is 2.74 bits per heavy atom. The number of nitrogens with one attached hydrogen (secondary N) is 1. The maximum atomic E-state index is 12.1. The molecule has 3 rings (SSSR count). The molecular formula is C15H14N2O5S. The number of nitrogens with zero attached hydrogens (tertiary/aromatic N) is 1. The Balaban J connectivity index is 1.55. The number of carbonyl (C=O) groups is 3. The summed E-state index contributed by atoms with van der Waals surface area (Å²) in [5, 5.41) is 12.9. The molecule has 0 bridgehead atoms. The predicted molar refractivity (Wildman–Crippen MR) is 82.7 cm³/mol. The first-order valence-electron chi connectivity index (χ1n) is 6.92. The van der Waals surface area contributed by atoms with Gasteiger partial charge in [0, 0.05) is 0 Å². The number of hydrogen-bond donors (Lipinski definition) is 2. The molecule has 2 N–H and O–H groups in total. The van der Waals surface area contributed by atoms with E-state index in [9.17, 15) is 14.4 Å². The SMILES string of the molecule is O=C(COc1ccccc1)N[C@@H]1C(=O)N2[C@@H](C(=O)O)C=CS[C@H]12. The van der Waals surface area contributed by atoms with Gasteiger partial charge in [0.05, 0.1) is 0 Å². The van der Waals surface area contributed by atoms with Crippen molar-refractivity contribution in [3.63, 3.8) is 0 Å². The summed E-state index contributed by atoms with van der Waals surface area (Å²) in [6.45, 7) is -0.205.